The number of aromatic nitrogens is 1. The molecule has 3 aromatic rings. The lowest BCUT2D eigenvalue weighted by Crippen LogP contribution is -2.35. The van der Waals surface area contributed by atoms with Gasteiger partial charge in [-0.25, -0.2) is 8.42 Å². The third-order valence-electron chi connectivity index (χ3n) is 4.07. The third-order valence-corrected chi connectivity index (χ3v) is 5.93. The zero-order valence-corrected chi connectivity index (χ0v) is 16.4. The number of pyridine rings is 1. The number of hydrogen-bond donors (Lipinski definition) is 1. The molecule has 0 aliphatic heterocycles. The van der Waals surface area contributed by atoms with E-state index in [1.54, 1.807) is 18.2 Å². The predicted molar refractivity (Wildman–Crippen MR) is 103 cm³/mol. The number of amides is 1. The number of alkyl halides is 3. The lowest BCUT2D eigenvalue weighted by Gasteiger charge is -2.18. The summed E-state index contributed by atoms with van der Waals surface area (Å²) in [6.45, 7) is -0.495. The number of anilines is 1. The minimum atomic E-state index is -4.82. The van der Waals surface area contributed by atoms with Crippen LogP contribution in [0.3, 0.4) is 0 Å². The molecule has 3 rings (SSSR count). The van der Waals surface area contributed by atoms with E-state index in [9.17, 15) is 26.4 Å². The van der Waals surface area contributed by atoms with Gasteiger partial charge in [-0.05, 0) is 36.4 Å². The first-order valence-electron chi connectivity index (χ1n) is 8.51. The number of halogens is 3. The van der Waals surface area contributed by atoms with Crippen molar-refractivity contribution in [1.29, 1.82) is 0 Å². The summed E-state index contributed by atoms with van der Waals surface area (Å²) in [5.41, 5.74) is 0.191. The molecule has 30 heavy (non-hydrogen) atoms. The number of likely N-dealkylation sites (N-methyl/N-ethyl adjacent to an activating group) is 1. The maximum Gasteiger partial charge on any atom is 0.573 e. The number of rotatable bonds is 6. The van der Waals surface area contributed by atoms with Crippen molar-refractivity contribution in [3.05, 3.63) is 60.9 Å². The molecule has 0 spiro atoms. The van der Waals surface area contributed by atoms with Gasteiger partial charge in [-0.2, -0.15) is 4.31 Å². The van der Waals surface area contributed by atoms with Gasteiger partial charge in [-0.3, -0.25) is 9.78 Å². The quantitative estimate of drug-likeness (QED) is 0.636. The van der Waals surface area contributed by atoms with Crippen LogP contribution in [0, 0.1) is 0 Å². The second-order valence-corrected chi connectivity index (χ2v) is 8.25. The highest BCUT2D eigenvalue weighted by Gasteiger charge is 2.31. The van der Waals surface area contributed by atoms with Crippen LogP contribution >= 0.6 is 0 Å². The highest BCUT2D eigenvalue weighted by molar-refractivity contribution is 7.89. The van der Waals surface area contributed by atoms with Crippen molar-refractivity contribution in [2.24, 2.45) is 0 Å². The van der Waals surface area contributed by atoms with Crippen LogP contribution in [0.25, 0.3) is 10.8 Å². The Labute approximate surface area is 170 Å². The Kier molecular flexibility index (Phi) is 5.94. The molecule has 0 bridgehead atoms. The molecule has 1 aromatic heterocycles. The van der Waals surface area contributed by atoms with Crippen molar-refractivity contribution in [3.8, 4) is 5.75 Å². The van der Waals surface area contributed by atoms with Gasteiger partial charge in [-0.1, -0.05) is 12.1 Å². The van der Waals surface area contributed by atoms with Crippen molar-refractivity contribution >= 4 is 32.4 Å². The number of carbonyl (C=O) groups excluding carboxylic acids is 1. The molecule has 0 aliphatic rings. The van der Waals surface area contributed by atoms with Crippen molar-refractivity contribution in [2.75, 3.05) is 18.9 Å². The number of ether oxygens (including phenoxy) is 1. The van der Waals surface area contributed by atoms with E-state index in [0.29, 0.717) is 10.8 Å². The van der Waals surface area contributed by atoms with Crippen LogP contribution in [-0.4, -0.2) is 43.6 Å². The van der Waals surface area contributed by atoms with E-state index in [1.165, 1.54) is 37.6 Å². The van der Waals surface area contributed by atoms with E-state index in [4.69, 9.17) is 0 Å². The molecule has 0 radical (unpaired) electrons. The maximum absolute atomic E-state index is 12.9. The second kappa shape index (κ2) is 8.28. The van der Waals surface area contributed by atoms with E-state index >= 15 is 0 Å². The fourth-order valence-corrected chi connectivity index (χ4v) is 4.05. The van der Waals surface area contributed by atoms with Gasteiger partial charge in [0.15, 0.2) is 0 Å². The largest absolute Gasteiger partial charge is 0.573 e. The van der Waals surface area contributed by atoms with Gasteiger partial charge in [0.25, 0.3) is 0 Å². The average molecular weight is 439 g/mol. The van der Waals surface area contributed by atoms with Crippen LogP contribution < -0.4 is 10.1 Å². The summed E-state index contributed by atoms with van der Waals surface area (Å²) in [5, 5.41) is 3.54. The lowest BCUT2D eigenvalue weighted by molar-refractivity contribution is -0.274. The molecule has 7 nitrogen and oxygen atoms in total. The number of fused-ring (bicyclic) bond motifs is 1. The molecule has 0 aliphatic carbocycles. The molecule has 11 heteroatoms. The molecular formula is C19H16F3N3O4S. The molecule has 0 saturated carbocycles. The van der Waals surface area contributed by atoms with E-state index < -0.39 is 34.6 Å². The first kappa shape index (κ1) is 21.5. The van der Waals surface area contributed by atoms with Crippen LogP contribution in [0.1, 0.15) is 0 Å². The number of nitrogens with one attached hydrogen (secondary N) is 1. The normalized spacial score (nSPS) is 12.2. The topological polar surface area (TPSA) is 88.6 Å². The zero-order chi connectivity index (χ0) is 21.9. The fourth-order valence-electron chi connectivity index (χ4n) is 2.71. The van der Waals surface area contributed by atoms with Gasteiger partial charge in [0, 0.05) is 35.9 Å². The molecule has 0 fully saturated rings. The van der Waals surface area contributed by atoms with Crippen LogP contribution in [-0.2, 0) is 14.8 Å². The van der Waals surface area contributed by atoms with Gasteiger partial charge in [0.05, 0.1) is 11.4 Å². The maximum atomic E-state index is 12.9. The summed E-state index contributed by atoms with van der Waals surface area (Å²) in [5.74, 6) is -1.10. The minimum absolute atomic E-state index is 0.0337. The monoisotopic (exact) mass is 439 g/mol. The number of benzene rings is 2. The number of hydrogen-bond acceptors (Lipinski definition) is 5. The Bertz CT molecular complexity index is 1160. The van der Waals surface area contributed by atoms with Crippen LogP contribution in [0.4, 0.5) is 18.9 Å². The van der Waals surface area contributed by atoms with Crippen LogP contribution in [0.15, 0.2) is 65.8 Å². The van der Waals surface area contributed by atoms with E-state index in [1.807, 2.05) is 0 Å². The molecule has 2 aromatic carbocycles. The Morgan fingerprint density at radius 1 is 1.13 bits per heavy atom. The molecule has 1 N–H and O–H groups in total. The predicted octanol–water partition coefficient (Wildman–Crippen LogP) is 3.39. The first-order chi connectivity index (χ1) is 14.1. The highest BCUT2D eigenvalue weighted by Crippen LogP contribution is 2.25. The summed E-state index contributed by atoms with van der Waals surface area (Å²) < 4.78 is 67.0. The standard InChI is InChI=1S/C19H16F3N3O4S/c1-25(30(27,28)17-4-2-3-13-11-23-10-9-16(13)17)12-18(26)24-14-5-7-15(8-6-14)29-19(20,21)22/h2-11H,12H2,1H3,(H,24,26). The van der Waals surface area contributed by atoms with Gasteiger partial charge in [-0.15, -0.1) is 13.2 Å². The van der Waals surface area contributed by atoms with Crippen molar-refractivity contribution in [2.45, 2.75) is 11.3 Å². The Morgan fingerprint density at radius 3 is 2.50 bits per heavy atom. The summed E-state index contributed by atoms with van der Waals surface area (Å²) in [6, 6.07) is 10.8. The highest BCUT2D eigenvalue weighted by atomic mass is 32.2. The molecular weight excluding hydrogens is 423 g/mol. The lowest BCUT2D eigenvalue weighted by atomic mass is 10.2. The molecule has 0 atom stereocenters. The Balaban J connectivity index is 1.70. The van der Waals surface area contributed by atoms with Crippen LogP contribution in [0.5, 0.6) is 5.75 Å². The summed E-state index contributed by atoms with van der Waals surface area (Å²) in [4.78, 5) is 16.2. The van der Waals surface area contributed by atoms with E-state index in [2.05, 4.69) is 15.0 Å². The summed E-state index contributed by atoms with van der Waals surface area (Å²) in [7, 11) is -2.72. The number of nitrogens with zero attached hydrogens (tertiary/aromatic N) is 2. The van der Waals surface area contributed by atoms with Gasteiger partial charge < -0.3 is 10.1 Å². The van der Waals surface area contributed by atoms with Gasteiger partial charge in [0.1, 0.15) is 5.75 Å². The molecule has 1 amide bonds. The second-order valence-electron chi connectivity index (χ2n) is 6.23. The third kappa shape index (κ3) is 5.05. The van der Waals surface area contributed by atoms with Gasteiger partial charge >= 0.3 is 6.36 Å². The number of sulfonamides is 1. The van der Waals surface area contributed by atoms with E-state index in [-0.39, 0.29) is 10.6 Å². The molecule has 158 valence electrons. The van der Waals surface area contributed by atoms with Crippen molar-refractivity contribution < 1.29 is 31.1 Å². The Hall–Kier alpha value is -3.18. The SMILES string of the molecule is CN(CC(=O)Nc1ccc(OC(F)(F)F)cc1)S(=O)(=O)c1cccc2cnccc12. The van der Waals surface area contributed by atoms with Crippen molar-refractivity contribution in [3.63, 3.8) is 0 Å². The molecule has 1 heterocycles. The zero-order valence-electron chi connectivity index (χ0n) is 15.6. The van der Waals surface area contributed by atoms with Gasteiger partial charge in [0.2, 0.25) is 15.9 Å². The molecule has 0 unspecified atom stereocenters. The minimum Gasteiger partial charge on any atom is -0.406 e. The Morgan fingerprint density at radius 2 is 1.83 bits per heavy atom. The van der Waals surface area contributed by atoms with Crippen LogP contribution in [0.2, 0.25) is 0 Å². The summed E-state index contributed by atoms with van der Waals surface area (Å²) in [6.07, 6.45) is -1.81. The summed E-state index contributed by atoms with van der Waals surface area (Å²) >= 11 is 0. The number of carbonyl (C=O) groups is 1. The smallest absolute Gasteiger partial charge is 0.406 e. The molecule has 0 saturated heterocycles. The fraction of sp³-hybridized carbons (Fsp3) is 0.158. The average Bonchev–Trinajstić information content (AvgIpc) is 2.67. The first-order valence-corrected chi connectivity index (χ1v) is 9.95. The van der Waals surface area contributed by atoms with Crippen molar-refractivity contribution in [1.82, 2.24) is 9.29 Å². The van der Waals surface area contributed by atoms with E-state index in [0.717, 1.165) is 16.4 Å².